The molecule has 1 aliphatic heterocycles. The Bertz CT molecular complexity index is 926. The number of rotatable bonds is 9. The van der Waals surface area contributed by atoms with Gasteiger partial charge < -0.3 is 25.6 Å². The fraction of sp³-hybridized carbons (Fsp3) is 0.679. The van der Waals surface area contributed by atoms with Crippen molar-refractivity contribution in [3.05, 3.63) is 29.8 Å². The molecule has 1 aromatic carbocycles. The van der Waals surface area contributed by atoms with E-state index in [1.165, 1.54) is 6.92 Å². The predicted molar refractivity (Wildman–Crippen MR) is 138 cm³/mol. The van der Waals surface area contributed by atoms with Crippen LogP contribution < -0.4 is 15.8 Å². The molecule has 36 heavy (non-hydrogen) atoms. The summed E-state index contributed by atoms with van der Waals surface area (Å²) in [5.41, 5.74) is 6.82. The lowest BCUT2D eigenvalue weighted by atomic mass is 9.82. The molecule has 3 N–H and O–H groups in total. The van der Waals surface area contributed by atoms with Gasteiger partial charge in [-0.2, -0.15) is 0 Å². The number of ether oxygens (including phenoxy) is 1. The minimum atomic E-state index is -0.554. The number of nitrogens with zero attached hydrogens (tertiary/aromatic N) is 2. The van der Waals surface area contributed by atoms with Gasteiger partial charge in [-0.3, -0.25) is 14.4 Å². The van der Waals surface area contributed by atoms with Crippen LogP contribution in [0.3, 0.4) is 0 Å². The maximum Gasteiger partial charge on any atom is 0.242 e. The van der Waals surface area contributed by atoms with Crippen LogP contribution in [0, 0.1) is 17.8 Å². The van der Waals surface area contributed by atoms with Gasteiger partial charge in [-0.1, -0.05) is 12.1 Å². The van der Waals surface area contributed by atoms with Crippen LogP contribution in [0.4, 0.5) is 0 Å². The van der Waals surface area contributed by atoms with Crippen LogP contribution in [-0.2, 0) is 20.9 Å². The summed E-state index contributed by atoms with van der Waals surface area (Å²) in [6, 6.07) is 7.15. The van der Waals surface area contributed by atoms with Crippen molar-refractivity contribution in [3.63, 3.8) is 0 Å². The molecule has 1 saturated heterocycles. The summed E-state index contributed by atoms with van der Waals surface area (Å²) in [5.74, 6) is 1.87. The summed E-state index contributed by atoms with van der Waals surface area (Å²) in [6.45, 7) is 3.86. The fourth-order valence-electron chi connectivity index (χ4n) is 5.81. The van der Waals surface area contributed by atoms with Crippen molar-refractivity contribution in [2.45, 2.75) is 76.9 Å². The molecule has 0 radical (unpaired) electrons. The Balaban J connectivity index is 1.44. The van der Waals surface area contributed by atoms with Crippen molar-refractivity contribution in [1.29, 1.82) is 0 Å². The zero-order valence-corrected chi connectivity index (χ0v) is 21.8. The monoisotopic (exact) mass is 498 g/mol. The normalized spacial score (nSPS) is 26.2. The Morgan fingerprint density at radius 1 is 1.08 bits per heavy atom. The zero-order valence-electron chi connectivity index (χ0n) is 21.8. The molecule has 0 spiro atoms. The number of nitrogens with one attached hydrogen (secondary N) is 1. The highest BCUT2D eigenvalue weighted by molar-refractivity contribution is 5.87. The fourth-order valence-corrected chi connectivity index (χ4v) is 5.81. The molecule has 1 aromatic rings. The first-order chi connectivity index (χ1) is 17.4. The summed E-state index contributed by atoms with van der Waals surface area (Å²) in [6.07, 6.45) is 7.39. The Morgan fingerprint density at radius 3 is 2.44 bits per heavy atom. The minimum Gasteiger partial charge on any atom is -0.497 e. The number of likely N-dealkylation sites (tertiary alicyclic amines) is 1. The lowest BCUT2D eigenvalue weighted by Crippen LogP contribution is -2.58. The third-order valence-electron chi connectivity index (χ3n) is 8.28. The first kappa shape index (κ1) is 26.5. The summed E-state index contributed by atoms with van der Waals surface area (Å²) in [4.78, 5) is 42.8. The molecule has 3 aliphatic rings. The quantitative estimate of drug-likeness (QED) is 0.545. The molecule has 0 aromatic heterocycles. The minimum absolute atomic E-state index is 0.0809. The Hall–Kier alpha value is -2.61. The van der Waals surface area contributed by atoms with Crippen LogP contribution in [0.15, 0.2) is 24.3 Å². The zero-order chi connectivity index (χ0) is 25.7. The second-order valence-electron chi connectivity index (χ2n) is 10.9. The summed E-state index contributed by atoms with van der Waals surface area (Å²) < 4.78 is 5.37. The molecule has 2 saturated carbocycles. The molecule has 1 unspecified atom stereocenters. The third-order valence-corrected chi connectivity index (χ3v) is 8.28. The molecular weight excluding hydrogens is 456 g/mol. The number of carbonyl (C=O) groups excluding carboxylic acids is 3. The highest BCUT2D eigenvalue weighted by atomic mass is 16.5. The average molecular weight is 499 g/mol. The van der Waals surface area contributed by atoms with Crippen molar-refractivity contribution in [2.75, 3.05) is 26.7 Å². The van der Waals surface area contributed by atoms with E-state index in [0.717, 1.165) is 56.4 Å². The number of hydrogen-bond acceptors (Lipinski definition) is 5. The van der Waals surface area contributed by atoms with Crippen molar-refractivity contribution < 1.29 is 19.1 Å². The SMILES string of the molecule is COc1cccc(CN(C(=O)C2CC2)C2CCN(C(C)=O)[C@@H](C(=O)NCC3CCC(CN)CC3)C2)c1. The Labute approximate surface area is 214 Å². The smallest absolute Gasteiger partial charge is 0.242 e. The highest BCUT2D eigenvalue weighted by Gasteiger charge is 2.42. The molecule has 198 valence electrons. The molecule has 3 fully saturated rings. The van der Waals surface area contributed by atoms with Crippen LogP contribution in [0.25, 0.3) is 0 Å². The van der Waals surface area contributed by atoms with Gasteiger partial charge in [0.25, 0.3) is 0 Å². The van der Waals surface area contributed by atoms with E-state index in [0.29, 0.717) is 44.3 Å². The van der Waals surface area contributed by atoms with Crippen LogP contribution in [-0.4, -0.2) is 66.3 Å². The largest absolute Gasteiger partial charge is 0.497 e. The van der Waals surface area contributed by atoms with Crippen molar-refractivity contribution in [1.82, 2.24) is 15.1 Å². The number of amides is 3. The lowest BCUT2D eigenvalue weighted by molar-refractivity contribution is -0.145. The number of carbonyl (C=O) groups is 3. The van der Waals surface area contributed by atoms with Gasteiger partial charge in [0, 0.05) is 38.5 Å². The highest BCUT2D eigenvalue weighted by Crippen LogP contribution is 2.35. The third kappa shape index (κ3) is 6.58. The van der Waals surface area contributed by atoms with Gasteiger partial charge in [0.05, 0.1) is 7.11 Å². The molecule has 2 atom stereocenters. The number of hydrogen-bond donors (Lipinski definition) is 2. The first-order valence-corrected chi connectivity index (χ1v) is 13.6. The van der Waals surface area contributed by atoms with Gasteiger partial charge in [-0.05, 0) is 87.4 Å². The predicted octanol–water partition coefficient (Wildman–Crippen LogP) is 2.69. The molecule has 2 aliphatic carbocycles. The molecule has 4 rings (SSSR count). The van der Waals surface area contributed by atoms with Gasteiger partial charge >= 0.3 is 0 Å². The van der Waals surface area contributed by atoms with E-state index in [2.05, 4.69) is 5.32 Å². The van der Waals surface area contributed by atoms with Gasteiger partial charge in [-0.15, -0.1) is 0 Å². The van der Waals surface area contributed by atoms with E-state index in [-0.39, 0.29) is 29.7 Å². The molecule has 0 bridgehead atoms. The van der Waals surface area contributed by atoms with E-state index < -0.39 is 6.04 Å². The maximum absolute atomic E-state index is 13.4. The second kappa shape index (κ2) is 12.1. The van der Waals surface area contributed by atoms with Crippen LogP contribution >= 0.6 is 0 Å². The van der Waals surface area contributed by atoms with E-state index in [4.69, 9.17) is 10.5 Å². The maximum atomic E-state index is 13.4. The van der Waals surface area contributed by atoms with E-state index in [9.17, 15) is 14.4 Å². The van der Waals surface area contributed by atoms with Gasteiger partial charge in [0.2, 0.25) is 17.7 Å². The van der Waals surface area contributed by atoms with E-state index >= 15 is 0 Å². The Morgan fingerprint density at radius 2 is 1.81 bits per heavy atom. The topological polar surface area (TPSA) is 105 Å². The molecule has 8 heteroatoms. The molecule has 1 heterocycles. The Kier molecular flexibility index (Phi) is 8.88. The van der Waals surface area contributed by atoms with Crippen molar-refractivity contribution in [2.24, 2.45) is 23.5 Å². The molecule has 3 amide bonds. The number of piperidine rings is 1. The van der Waals surface area contributed by atoms with E-state index in [1.807, 2.05) is 29.2 Å². The number of methoxy groups -OCH3 is 1. The summed E-state index contributed by atoms with van der Waals surface area (Å²) in [7, 11) is 1.64. The number of benzene rings is 1. The van der Waals surface area contributed by atoms with Crippen LogP contribution in [0.2, 0.25) is 0 Å². The lowest BCUT2D eigenvalue weighted by Gasteiger charge is -2.43. The van der Waals surface area contributed by atoms with Crippen molar-refractivity contribution >= 4 is 17.7 Å². The summed E-state index contributed by atoms with van der Waals surface area (Å²) in [5, 5.41) is 3.14. The first-order valence-electron chi connectivity index (χ1n) is 13.6. The van der Waals surface area contributed by atoms with Crippen molar-refractivity contribution in [3.8, 4) is 5.75 Å². The number of nitrogens with two attached hydrogens (primary N) is 1. The standard InChI is InChI=1S/C28H42N4O4/c1-19(33)31-13-12-24(15-26(31)27(34)30-17-21-8-6-20(16-29)7-9-21)32(28(35)23-10-11-23)18-22-4-3-5-25(14-22)36-2/h3-5,14,20-21,23-24,26H,6-13,15-18,29H2,1-2H3,(H,30,34)/t20?,21?,24?,26-/m1/s1. The van der Waals surface area contributed by atoms with Gasteiger partial charge in [0.1, 0.15) is 11.8 Å². The molecular formula is C28H42N4O4. The van der Waals surface area contributed by atoms with Crippen LogP contribution in [0.1, 0.15) is 63.9 Å². The summed E-state index contributed by atoms with van der Waals surface area (Å²) >= 11 is 0. The molecule has 8 nitrogen and oxygen atoms in total. The second-order valence-corrected chi connectivity index (χ2v) is 10.9. The average Bonchev–Trinajstić information content (AvgIpc) is 3.76. The van der Waals surface area contributed by atoms with Gasteiger partial charge in [-0.25, -0.2) is 0 Å². The van der Waals surface area contributed by atoms with Gasteiger partial charge in [0.15, 0.2) is 0 Å². The van der Waals surface area contributed by atoms with Crippen LogP contribution in [0.5, 0.6) is 5.75 Å². The van der Waals surface area contributed by atoms with E-state index in [1.54, 1.807) is 12.0 Å².